The largest absolute Gasteiger partial charge is 0.449 e. The molecule has 1 N–H and O–H groups in total. The maximum Gasteiger partial charge on any atom is 0.338 e. The van der Waals surface area contributed by atoms with E-state index in [2.05, 4.69) is 10.5 Å². The Balaban J connectivity index is 1.67. The molecule has 1 aromatic carbocycles. The van der Waals surface area contributed by atoms with E-state index in [1.54, 1.807) is 25.1 Å². The minimum atomic E-state index is -3.36. The number of hydrogen-bond acceptors (Lipinski definition) is 7. The summed E-state index contributed by atoms with van der Waals surface area (Å²) in [5, 5.41) is 6.13. The molecule has 0 fully saturated rings. The number of hydrogen-bond donors (Lipinski definition) is 1. The van der Waals surface area contributed by atoms with Crippen LogP contribution in [0, 0.1) is 6.92 Å². The molecule has 1 aliphatic heterocycles. The molecule has 9 nitrogen and oxygen atoms in total. The smallest absolute Gasteiger partial charge is 0.338 e. The summed E-state index contributed by atoms with van der Waals surface area (Å²) < 4.78 is 34.9. The number of rotatable bonds is 5. The van der Waals surface area contributed by atoms with Gasteiger partial charge in [0.2, 0.25) is 10.0 Å². The Morgan fingerprint density at radius 2 is 2.07 bits per heavy atom. The van der Waals surface area contributed by atoms with E-state index in [-0.39, 0.29) is 11.4 Å². The molecule has 2 aromatic rings. The summed E-state index contributed by atoms with van der Waals surface area (Å²) in [5.74, 6) is -0.439. The fourth-order valence-electron chi connectivity index (χ4n) is 2.78. The Bertz CT molecular complexity index is 998. The van der Waals surface area contributed by atoms with Crippen molar-refractivity contribution < 1.29 is 27.3 Å². The van der Waals surface area contributed by atoms with Crippen molar-refractivity contribution in [1.82, 2.24) is 5.16 Å². The normalized spacial score (nSPS) is 14.6. The van der Waals surface area contributed by atoms with Crippen molar-refractivity contribution >= 4 is 33.4 Å². The predicted octanol–water partition coefficient (Wildman–Crippen LogP) is 1.49. The van der Waals surface area contributed by atoms with E-state index in [0.29, 0.717) is 24.4 Å². The lowest BCUT2D eigenvalue weighted by Gasteiger charge is -2.16. The molecule has 0 aliphatic carbocycles. The number of carbonyl (C=O) groups is 2. The fraction of sp³-hybridized carbons (Fsp3) is 0.353. The number of nitrogens with one attached hydrogen (secondary N) is 1. The predicted molar refractivity (Wildman–Crippen MR) is 97.1 cm³/mol. The number of aromatic nitrogens is 1. The Morgan fingerprint density at radius 3 is 2.70 bits per heavy atom. The number of nitrogens with zero attached hydrogens (tertiary/aromatic N) is 2. The molecule has 0 unspecified atom stereocenters. The van der Waals surface area contributed by atoms with Crippen LogP contribution in [0.4, 0.5) is 11.5 Å². The van der Waals surface area contributed by atoms with Crippen LogP contribution in [-0.4, -0.2) is 44.4 Å². The summed E-state index contributed by atoms with van der Waals surface area (Å²) in [6, 6.07) is 6.19. The number of amides is 1. The van der Waals surface area contributed by atoms with E-state index in [4.69, 9.17) is 9.26 Å². The highest BCUT2D eigenvalue weighted by molar-refractivity contribution is 7.92. The molecule has 1 atom stereocenters. The van der Waals surface area contributed by atoms with Gasteiger partial charge in [-0.25, -0.2) is 13.2 Å². The second-order valence-corrected chi connectivity index (χ2v) is 8.20. The molecule has 1 aliphatic rings. The lowest BCUT2D eigenvalue weighted by Crippen LogP contribution is -2.30. The molecular formula is C17H19N3O6S. The first-order valence-electron chi connectivity index (χ1n) is 8.21. The van der Waals surface area contributed by atoms with Crippen molar-refractivity contribution in [3.8, 4) is 0 Å². The highest BCUT2D eigenvalue weighted by Crippen LogP contribution is 2.31. The Kier molecular flexibility index (Phi) is 4.92. The van der Waals surface area contributed by atoms with Crippen LogP contribution < -0.4 is 9.62 Å². The fourth-order valence-corrected chi connectivity index (χ4v) is 3.74. The average Bonchev–Trinajstić information content (AvgIpc) is 3.19. The van der Waals surface area contributed by atoms with Crippen LogP contribution in [0.15, 0.2) is 28.8 Å². The minimum Gasteiger partial charge on any atom is -0.449 e. The molecule has 1 aromatic heterocycles. The van der Waals surface area contributed by atoms with E-state index in [0.717, 1.165) is 11.8 Å². The highest BCUT2D eigenvalue weighted by Gasteiger charge is 2.27. The zero-order valence-electron chi connectivity index (χ0n) is 15.1. The molecule has 0 radical (unpaired) electrons. The van der Waals surface area contributed by atoms with E-state index < -0.39 is 28.0 Å². The maximum atomic E-state index is 12.3. The van der Waals surface area contributed by atoms with Crippen molar-refractivity contribution in [2.75, 3.05) is 22.4 Å². The van der Waals surface area contributed by atoms with Gasteiger partial charge in [-0.3, -0.25) is 9.10 Å². The molecule has 27 heavy (non-hydrogen) atoms. The van der Waals surface area contributed by atoms with Gasteiger partial charge in [-0.1, -0.05) is 5.16 Å². The zero-order valence-corrected chi connectivity index (χ0v) is 15.9. The summed E-state index contributed by atoms with van der Waals surface area (Å²) in [7, 11) is -3.36. The van der Waals surface area contributed by atoms with Gasteiger partial charge in [0.25, 0.3) is 5.91 Å². The van der Waals surface area contributed by atoms with Crippen LogP contribution in [0.25, 0.3) is 0 Å². The van der Waals surface area contributed by atoms with Gasteiger partial charge in [0.1, 0.15) is 5.76 Å². The molecule has 2 heterocycles. The molecule has 3 rings (SSSR count). The van der Waals surface area contributed by atoms with Crippen LogP contribution in [0.1, 0.15) is 28.6 Å². The minimum absolute atomic E-state index is 0.235. The Hall–Kier alpha value is -2.88. The molecule has 0 saturated heterocycles. The number of fused-ring (bicyclic) bond motifs is 1. The SMILES string of the molecule is Cc1cc(NC(=O)[C@@H](C)OC(=O)c2ccc3c(c2)CCN3S(C)(=O)=O)no1. The number of esters is 1. The van der Waals surface area contributed by atoms with Crippen molar-refractivity contribution in [2.45, 2.75) is 26.4 Å². The average molecular weight is 393 g/mol. The van der Waals surface area contributed by atoms with Gasteiger partial charge < -0.3 is 14.6 Å². The van der Waals surface area contributed by atoms with Crippen LogP contribution in [-0.2, 0) is 26.0 Å². The summed E-state index contributed by atoms with van der Waals surface area (Å²) in [6.07, 6.45) is 0.599. The standard InChI is InChI=1S/C17H19N3O6S/c1-10-8-15(19-26-10)18-16(21)11(2)25-17(22)13-4-5-14-12(9-13)6-7-20(14)27(3,23)24/h4-5,8-9,11H,6-7H2,1-3H3,(H,18,19,21)/t11-/m1/s1. The van der Waals surface area contributed by atoms with Gasteiger partial charge in [-0.15, -0.1) is 0 Å². The lowest BCUT2D eigenvalue weighted by molar-refractivity contribution is -0.123. The maximum absolute atomic E-state index is 12.3. The zero-order chi connectivity index (χ0) is 19.8. The summed E-state index contributed by atoms with van der Waals surface area (Å²) >= 11 is 0. The van der Waals surface area contributed by atoms with Gasteiger partial charge in [-0.2, -0.15) is 0 Å². The van der Waals surface area contributed by atoms with E-state index in [1.807, 2.05) is 0 Å². The molecule has 0 bridgehead atoms. The third-order valence-electron chi connectivity index (χ3n) is 4.10. The first kappa shape index (κ1) is 18.9. The highest BCUT2D eigenvalue weighted by atomic mass is 32.2. The molecular weight excluding hydrogens is 374 g/mol. The van der Waals surface area contributed by atoms with Gasteiger partial charge in [0, 0.05) is 12.6 Å². The number of anilines is 2. The quantitative estimate of drug-likeness (QED) is 0.764. The van der Waals surface area contributed by atoms with Crippen molar-refractivity contribution in [1.29, 1.82) is 0 Å². The monoisotopic (exact) mass is 393 g/mol. The van der Waals surface area contributed by atoms with Gasteiger partial charge in [0.15, 0.2) is 11.9 Å². The molecule has 144 valence electrons. The molecule has 1 amide bonds. The Morgan fingerprint density at radius 1 is 1.33 bits per heavy atom. The second-order valence-electron chi connectivity index (χ2n) is 6.29. The second kappa shape index (κ2) is 7.03. The third-order valence-corrected chi connectivity index (χ3v) is 5.28. The molecule has 0 saturated carbocycles. The van der Waals surface area contributed by atoms with Crippen LogP contribution in [0.3, 0.4) is 0 Å². The summed E-state index contributed by atoms with van der Waals surface area (Å²) in [5.41, 5.74) is 1.55. The lowest BCUT2D eigenvalue weighted by atomic mass is 10.1. The van der Waals surface area contributed by atoms with Crippen molar-refractivity contribution in [3.05, 3.63) is 41.2 Å². The Labute approximate surface area is 156 Å². The number of benzene rings is 1. The van der Waals surface area contributed by atoms with E-state index in [9.17, 15) is 18.0 Å². The van der Waals surface area contributed by atoms with Crippen LogP contribution in [0.2, 0.25) is 0 Å². The van der Waals surface area contributed by atoms with E-state index >= 15 is 0 Å². The van der Waals surface area contributed by atoms with Crippen LogP contribution in [0.5, 0.6) is 0 Å². The van der Waals surface area contributed by atoms with Crippen LogP contribution >= 0.6 is 0 Å². The number of aryl methyl sites for hydroxylation is 1. The van der Waals surface area contributed by atoms with E-state index in [1.165, 1.54) is 17.3 Å². The third kappa shape index (κ3) is 4.11. The number of sulfonamides is 1. The van der Waals surface area contributed by atoms with Gasteiger partial charge in [-0.05, 0) is 44.0 Å². The van der Waals surface area contributed by atoms with Crippen molar-refractivity contribution in [3.63, 3.8) is 0 Å². The first-order chi connectivity index (χ1) is 12.6. The van der Waals surface area contributed by atoms with Gasteiger partial charge >= 0.3 is 5.97 Å². The first-order valence-corrected chi connectivity index (χ1v) is 10.1. The molecule has 10 heteroatoms. The summed E-state index contributed by atoms with van der Waals surface area (Å²) in [4.78, 5) is 24.4. The van der Waals surface area contributed by atoms with Crippen molar-refractivity contribution in [2.24, 2.45) is 0 Å². The number of ether oxygens (including phenoxy) is 1. The summed E-state index contributed by atoms with van der Waals surface area (Å²) in [6.45, 7) is 3.46. The molecule has 0 spiro atoms. The van der Waals surface area contributed by atoms with Gasteiger partial charge in [0.05, 0.1) is 17.5 Å². The number of carbonyl (C=O) groups excluding carboxylic acids is 2. The topological polar surface area (TPSA) is 119 Å².